The molecule has 0 saturated carbocycles. The van der Waals surface area contributed by atoms with Gasteiger partial charge >= 0.3 is 6.18 Å². The first-order chi connectivity index (χ1) is 8.00. The number of rotatable bonds is 2. The highest BCUT2D eigenvalue weighted by Crippen LogP contribution is 2.32. The maximum absolute atomic E-state index is 12.5. The van der Waals surface area contributed by atoms with Crippen LogP contribution < -0.4 is 4.90 Å². The molecule has 2 nitrogen and oxygen atoms in total. The van der Waals surface area contributed by atoms with Gasteiger partial charge < -0.3 is 10.0 Å². The molecule has 94 valence electrons. The van der Waals surface area contributed by atoms with Gasteiger partial charge in [0.2, 0.25) is 0 Å². The summed E-state index contributed by atoms with van der Waals surface area (Å²) in [5.74, 6) is 0.171. The second-order valence-electron chi connectivity index (χ2n) is 4.33. The normalized spacial score (nSPS) is 20.9. The standard InChI is InChI=1S/C12H14F3NO/c13-12(14,15)10-2-1-3-11(6-10)16-5-4-9(7-16)8-17/h1-3,6,9,17H,4-5,7-8H2/t9-/m1/s1. The Bertz CT molecular complexity index is 392. The van der Waals surface area contributed by atoms with E-state index in [1.165, 1.54) is 12.1 Å². The number of hydrogen-bond acceptors (Lipinski definition) is 2. The summed E-state index contributed by atoms with van der Waals surface area (Å²) >= 11 is 0. The summed E-state index contributed by atoms with van der Waals surface area (Å²) in [4.78, 5) is 1.89. The van der Waals surface area contributed by atoms with E-state index in [1.807, 2.05) is 4.90 Å². The quantitative estimate of drug-likeness (QED) is 0.865. The molecule has 1 atom stereocenters. The van der Waals surface area contributed by atoms with E-state index in [0.717, 1.165) is 12.5 Å². The number of alkyl halides is 3. The zero-order valence-corrected chi connectivity index (χ0v) is 9.24. The van der Waals surface area contributed by atoms with Gasteiger partial charge in [-0.25, -0.2) is 0 Å². The van der Waals surface area contributed by atoms with E-state index in [-0.39, 0.29) is 12.5 Å². The van der Waals surface area contributed by atoms with Crippen LogP contribution in [-0.2, 0) is 6.18 Å². The lowest BCUT2D eigenvalue weighted by molar-refractivity contribution is -0.137. The highest BCUT2D eigenvalue weighted by Gasteiger charge is 2.31. The lowest BCUT2D eigenvalue weighted by Crippen LogP contribution is -2.21. The smallest absolute Gasteiger partial charge is 0.396 e. The van der Waals surface area contributed by atoms with Crippen molar-refractivity contribution in [3.8, 4) is 0 Å². The minimum atomic E-state index is -4.30. The van der Waals surface area contributed by atoms with Crippen molar-refractivity contribution in [2.24, 2.45) is 5.92 Å². The summed E-state index contributed by atoms with van der Waals surface area (Å²) in [5.41, 5.74) is -0.0433. The maximum atomic E-state index is 12.5. The molecule has 0 radical (unpaired) electrons. The summed E-state index contributed by atoms with van der Waals surface area (Å²) in [7, 11) is 0. The van der Waals surface area contributed by atoms with Crippen molar-refractivity contribution in [1.82, 2.24) is 0 Å². The zero-order chi connectivity index (χ0) is 12.5. The van der Waals surface area contributed by atoms with Crippen LogP contribution in [0.5, 0.6) is 0 Å². The highest BCUT2D eigenvalue weighted by molar-refractivity contribution is 5.50. The number of hydrogen-bond donors (Lipinski definition) is 1. The van der Waals surface area contributed by atoms with Gasteiger partial charge in [0.25, 0.3) is 0 Å². The second-order valence-corrected chi connectivity index (χ2v) is 4.33. The molecule has 1 aromatic carbocycles. The van der Waals surface area contributed by atoms with Gasteiger partial charge in [-0.1, -0.05) is 6.07 Å². The molecule has 0 bridgehead atoms. The summed E-state index contributed by atoms with van der Waals surface area (Å²) in [6.45, 7) is 1.42. The Morgan fingerprint density at radius 2 is 2.12 bits per heavy atom. The molecule has 17 heavy (non-hydrogen) atoms. The van der Waals surface area contributed by atoms with Crippen molar-refractivity contribution in [2.45, 2.75) is 12.6 Å². The Hall–Kier alpha value is -1.23. The van der Waals surface area contributed by atoms with E-state index in [1.54, 1.807) is 6.07 Å². The third-order valence-electron chi connectivity index (χ3n) is 3.08. The SMILES string of the molecule is OC[C@@H]1CCN(c2cccc(C(F)(F)F)c2)C1. The van der Waals surface area contributed by atoms with Gasteiger partial charge in [0.15, 0.2) is 0 Å². The predicted molar refractivity (Wildman–Crippen MR) is 58.8 cm³/mol. The van der Waals surface area contributed by atoms with Gasteiger partial charge in [-0.3, -0.25) is 0 Å². The molecular weight excluding hydrogens is 231 g/mol. The first-order valence-electron chi connectivity index (χ1n) is 5.54. The fourth-order valence-electron chi connectivity index (χ4n) is 2.10. The van der Waals surface area contributed by atoms with Crippen LogP contribution in [0.1, 0.15) is 12.0 Å². The largest absolute Gasteiger partial charge is 0.416 e. The van der Waals surface area contributed by atoms with Crippen molar-refractivity contribution in [2.75, 3.05) is 24.6 Å². The first kappa shape index (κ1) is 12.2. The number of nitrogens with zero attached hydrogens (tertiary/aromatic N) is 1. The van der Waals surface area contributed by atoms with Crippen molar-refractivity contribution >= 4 is 5.69 Å². The van der Waals surface area contributed by atoms with Crippen LogP contribution >= 0.6 is 0 Å². The Morgan fingerprint density at radius 1 is 1.35 bits per heavy atom. The van der Waals surface area contributed by atoms with Gasteiger partial charge in [-0.05, 0) is 24.6 Å². The zero-order valence-electron chi connectivity index (χ0n) is 9.24. The Labute approximate surface area is 97.7 Å². The van der Waals surface area contributed by atoms with Crippen molar-refractivity contribution in [1.29, 1.82) is 0 Å². The van der Waals surface area contributed by atoms with Crippen LogP contribution in [0, 0.1) is 5.92 Å². The lowest BCUT2D eigenvalue weighted by Gasteiger charge is -2.19. The van der Waals surface area contributed by atoms with E-state index < -0.39 is 11.7 Å². The molecule has 0 unspecified atom stereocenters. The molecule has 1 aromatic rings. The molecule has 0 aliphatic carbocycles. The average Bonchev–Trinajstić information content (AvgIpc) is 2.76. The molecular formula is C12H14F3NO. The second kappa shape index (κ2) is 4.56. The number of halogens is 3. The van der Waals surface area contributed by atoms with Gasteiger partial charge in [0.05, 0.1) is 5.56 Å². The Balaban J connectivity index is 2.17. The summed E-state index contributed by atoms with van der Waals surface area (Å²) in [5, 5.41) is 9.01. The molecule has 5 heteroatoms. The summed E-state index contributed by atoms with van der Waals surface area (Å²) in [6.07, 6.45) is -3.47. The fourth-order valence-corrected chi connectivity index (χ4v) is 2.10. The van der Waals surface area contributed by atoms with Crippen LogP contribution in [0.2, 0.25) is 0 Å². The minimum Gasteiger partial charge on any atom is -0.396 e. The lowest BCUT2D eigenvalue weighted by atomic mass is 10.1. The Morgan fingerprint density at radius 3 is 2.71 bits per heavy atom. The van der Waals surface area contributed by atoms with Gasteiger partial charge in [0.1, 0.15) is 0 Å². The fraction of sp³-hybridized carbons (Fsp3) is 0.500. The molecule has 0 amide bonds. The molecule has 0 spiro atoms. The molecule has 1 aliphatic heterocycles. The molecule has 1 fully saturated rings. The van der Waals surface area contributed by atoms with Gasteiger partial charge in [-0.15, -0.1) is 0 Å². The summed E-state index contributed by atoms with van der Waals surface area (Å²) in [6, 6.07) is 5.34. The molecule has 1 aliphatic rings. The molecule has 1 saturated heterocycles. The average molecular weight is 245 g/mol. The molecule has 1 heterocycles. The number of benzene rings is 1. The minimum absolute atomic E-state index is 0.0927. The molecule has 0 aromatic heterocycles. The molecule has 2 rings (SSSR count). The molecule has 1 N–H and O–H groups in total. The van der Waals surface area contributed by atoms with Crippen LogP contribution in [0.15, 0.2) is 24.3 Å². The monoisotopic (exact) mass is 245 g/mol. The van der Waals surface area contributed by atoms with E-state index in [9.17, 15) is 13.2 Å². The third-order valence-corrected chi connectivity index (χ3v) is 3.08. The first-order valence-corrected chi connectivity index (χ1v) is 5.54. The highest BCUT2D eigenvalue weighted by atomic mass is 19.4. The topological polar surface area (TPSA) is 23.5 Å². The van der Waals surface area contributed by atoms with E-state index in [0.29, 0.717) is 18.8 Å². The predicted octanol–water partition coefficient (Wildman–Crippen LogP) is 2.52. The van der Waals surface area contributed by atoms with Gasteiger partial charge in [-0.2, -0.15) is 13.2 Å². The number of aliphatic hydroxyl groups is 1. The summed E-state index contributed by atoms with van der Waals surface area (Å²) < 4.78 is 37.6. The number of aliphatic hydroxyl groups excluding tert-OH is 1. The number of anilines is 1. The van der Waals surface area contributed by atoms with Crippen LogP contribution in [0.4, 0.5) is 18.9 Å². The van der Waals surface area contributed by atoms with E-state index in [4.69, 9.17) is 5.11 Å². The van der Waals surface area contributed by atoms with Crippen molar-refractivity contribution < 1.29 is 18.3 Å². The van der Waals surface area contributed by atoms with Crippen molar-refractivity contribution in [3.63, 3.8) is 0 Å². The van der Waals surface area contributed by atoms with E-state index >= 15 is 0 Å². The van der Waals surface area contributed by atoms with Gasteiger partial charge in [0, 0.05) is 31.3 Å². The van der Waals surface area contributed by atoms with E-state index in [2.05, 4.69) is 0 Å². The Kier molecular flexibility index (Phi) is 3.28. The maximum Gasteiger partial charge on any atom is 0.416 e. The van der Waals surface area contributed by atoms with Crippen LogP contribution in [0.25, 0.3) is 0 Å². The van der Waals surface area contributed by atoms with Crippen LogP contribution in [0.3, 0.4) is 0 Å². The van der Waals surface area contributed by atoms with Crippen LogP contribution in [-0.4, -0.2) is 24.8 Å². The van der Waals surface area contributed by atoms with Crippen molar-refractivity contribution in [3.05, 3.63) is 29.8 Å². The third kappa shape index (κ3) is 2.72.